The van der Waals surface area contributed by atoms with Gasteiger partial charge in [-0.25, -0.2) is 4.79 Å². The molecule has 0 radical (unpaired) electrons. The van der Waals surface area contributed by atoms with Crippen molar-refractivity contribution in [2.75, 3.05) is 11.4 Å². The molecule has 3 aromatic rings. The monoisotopic (exact) mass is 404 g/mol. The molecule has 1 atom stereocenters. The van der Waals surface area contributed by atoms with E-state index in [0.717, 1.165) is 28.3 Å². The van der Waals surface area contributed by atoms with Crippen LogP contribution in [0.5, 0.6) is 5.75 Å². The Morgan fingerprint density at radius 1 is 1.20 bits per heavy atom. The van der Waals surface area contributed by atoms with Crippen LogP contribution in [0.4, 0.5) is 5.69 Å². The standard InChI is InChI=1S/C24H24N2O4/c1-14-23(15(2)30-25-14)19-8-9-21-20(11-19)26(13-22(29-21)24(27)28)12-16-4-3-5-18(10-16)17-6-7-17/h3-5,8-11,17,22H,6-7,12-13H2,1-2H3,(H,27,28). The fourth-order valence-electron chi connectivity index (χ4n) is 4.26. The van der Waals surface area contributed by atoms with Crippen LogP contribution in [-0.2, 0) is 11.3 Å². The lowest BCUT2D eigenvalue weighted by Crippen LogP contribution is -2.44. The van der Waals surface area contributed by atoms with Gasteiger partial charge in [-0.2, -0.15) is 0 Å². The van der Waals surface area contributed by atoms with Crippen LogP contribution in [0.1, 0.15) is 41.3 Å². The van der Waals surface area contributed by atoms with Gasteiger partial charge in [-0.3, -0.25) is 0 Å². The normalized spacial score (nSPS) is 18.1. The molecule has 1 unspecified atom stereocenters. The van der Waals surface area contributed by atoms with E-state index >= 15 is 0 Å². The van der Waals surface area contributed by atoms with Crippen molar-refractivity contribution in [2.45, 2.75) is 45.3 Å². The summed E-state index contributed by atoms with van der Waals surface area (Å²) in [5.74, 6) is 1.07. The minimum absolute atomic E-state index is 0.293. The van der Waals surface area contributed by atoms with Gasteiger partial charge >= 0.3 is 5.97 Å². The quantitative estimate of drug-likeness (QED) is 0.665. The molecule has 1 aliphatic heterocycles. The number of carboxylic acid groups (broad SMARTS) is 1. The van der Waals surface area contributed by atoms with Crippen molar-refractivity contribution in [2.24, 2.45) is 0 Å². The first-order chi connectivity index (χ1) is 14.5. The molecule has 2 aromatic carbocycles. The molecule has 6 nitrogen and oxygen atoms in total. The molecule has 1 aliphatic carbocycles. The Balaban J connectivity index is 1.52. The summed E-state index contributed by atoms with van der Waals surface area (Å²) in [6.07, 6.45) is 1.62. The molecule has 0 amide bonds. The van der Waals surface area contributed by atoms with Gasteiger partial charge in [0.25, 0.3) is 0 Å². The third-order valence-corrected chi connectivity index (χ3v) is 5.93. The molecule has 2 aliphatic rings. The Morgan fingerprint density at radius 2 is 2.03 bits per heavy atom. The Hall–Kier alpha value is -3.28. The second-order valence-corrected chi connectivity index (χ2v) is 8.23. The predicted octanol–water partition coefficient (Wildman–Crippen LogP) is 4.69. The number of nitrogens with zero attached hydrogens (tertiary/aromatic N) is 2. The van der Waals surface area contributed by atoms with Crippen LogP contribution < -0.4 is 9.64 Å². The van der Waals surface area contributed by atoms with Gasteiger partial charge < -0.3 is 19.3 Å². The number of hydrogen-bond acceptors (Lipinski definition) is 5. The maximum absolute atomic E-state index is 11.7. The summed E-state index contributed by atoms with van der Waals surface area (Å²) in [4.78, 5) is 13.8. The first-order valence-corrected chi connectivity index (χ1v) is 10.3. The lowest BCUT2D eigenvalue weighted by Gasteiger charge is -2.35. The average Bonchev–Trinajstić information content (AvgIpc) is 3.53. The second-order valence-electron chi connectivity index (χ2n) is 8.23. The summed E-state index contributed by atoms with van der Waals surface area (Å²) in [5, 5.41) is 13.6. The molecule has 0 bridgehead atoms. The van der Waals surface area contributed by atoms with Crippen LogP contribution in [0.15, 0.2) is 47.0 Å². The highest BCUT2D eigenvalue weighted by Crippen LogP contribution is 2.41. The molecule has 0 saturated heterocycles. The van der Waals surface area contributed by atoms with Crippen molar-refractivity contribution in [3.8, 4) is 16.9 Å². The number of carboxylic acids is 1. The highest BCUT2D eigenvalue weighted by Gasteiger charge is 2.31. The van der Waals surface area contributed by atoms with Crippen LogP contribution in [0.25, 0.3) is 11.1 Å². The van der Waals surface area contributed by atoms with Gasteiger partial charge in [-0.05, 0) is 61.4 Å². The van der Waals surface area contributed by atoms with E-state index in [1.54, 1.807) is 0 Å². The molecular weight excluding hydrogens is 380 g/mol. The minimum Gasteiger partial charge on any atom is -0.478 e. The fraction of sp³-hybridized carbons (Fsp3) is 0.333. The number of aryl methyl sites for hydroxylation is 2. The van der Waals surface area contributed by atoms with Gasteiger partial charge in [-0.1, -0.05) is 35.5 Å². The molecule has 1 N–H and O–H groups in total. The van der Waals surface area contributed by atoms with Crippen LogP contribution >= 0.6 is 0 Å². The summed E-state index contributed by atoms with van der Waals surface area (Å²) >= 11 is 0. The number of fused-ring (bicyclic) bond motifs is 1. The van der Waals surface area contributed by atoms with Crippen LogP contribution in [0.2, 0.25) is 0 Å². The van der Waals surface area contributed by atoms with E-state index in [9.17, 15) is 9.90 Å². The molecule has 1 saturated carbocycles. The Labute approximate surface area is 175 Å². The van der Waals surface area contributed by atoms with E-state index < -0.39 is 12.1 Å². The van der Waals surface area contributed by atoms with E-state index in [0.29, 0.717) is 24.8 Å². The lowest BCUT2D eigenvalue weighted by atomic mass is 10.0. The van der Waals surface area contributed by atoms with Gasteiger partial charge in [0, 0.05) is 12.1 Å². The largest absolute Gasteiger partial charge is 0.478 e. The number of aliphatic carboxylic acids is 1. The number of rotatable bonds is 5. The van der Waals surface area contributed by atoms with Crippen molar-refractivity contribution < 1.29 is 19.2 Å². The first kappa shape index (κ1) is 18.7. The number of benzene rings is 2. The zero-order valence-corrected chi connectivity index (χ0v) is 17.1. The van der Waals surface area contributed by atoms with Gasteiger partial charge in [-0.15, -0.1) is 0 Å². The van der Waals surface area contributed by atoms with E-state index in [1.165, 1.54) is 24.0 Å². The van der Waals surface area contributed by atoms with Crippen LogP contribution in [-0.4, -0.2) is 28.9 Å². The molecule has 2 heterocycles. The summed E-state index contributed by atoms with van der Waals surface area (Å²) in [5.41, 5.74) is 6.23. The number of carbonyl (C=O) groups is 1. The predicted molar refractivity (Wildman–Crippen MR) is 113 cm³/mol. The molecule has 30 heavy (non-hydrogen) atoms. The molecular formula is C24H24N2O4. The Bertz CT molecular complexity index is 1100. The summed E-state index contributed by atoms with van der Waals surface area (Å²) in [7, 11) is 0. The summed E-state index contributed by atoms with van der Waals surface area (Å²) in [6, 6.07) is 14.5. The van der Waals surface area contributed by atoms with Crippen molar-refractivity contribution in [3.63, 3.8) is 0 Å². The summed E-state index contributed by atoms with van der Waals surface area (Å²) in [6.45, 7) is 4.74. The van der Waals surface area contributed by atoms with Crippen molar-refractivity contribution >= 4 is 11.7 Å². The van der Waals surface area contributed by atoms with Crippen LogP contribution in [0, 0.1) is 13.8 Å². The van der Waals surface area contributed by atoms with Crippen LogP contribution in [0.3, 0.4) is 0 Å². The van der Waals surface area contributed by atoms with Crippen molar-refractivity contribution in [1.82, 2.24) is 5.16 Å². The first-order valence-electron chi connectivity index (χ1n) is 10.3. The third kappa shape index (κ3) is 3.43. The van der Waals surface area contributed by atoms with Gasteiger partial charge in [0.2, 0.25) is 6.10 Å². The molecule has 1 aromatic heterocycles. The SMILES string of the molecule is Cc1noc(C)c1-c1ccc2c(c1)N(Cc1cccc(C3CC3)c1)CC(C(=O)O)O2. The van der Waals surface area contributed by atoms with Crippen molar-refractivity contribution in [3.05, 3.63) is 65.0 Å². The molecule has 1 fully saturated rings. The smallest absolute Gasteiger partial charge is 0.346 e. The zero-order chi connectivity index (χ0) is 20.8. The summed E-state index contributed by atoms with van der Waals surface area (Å²) < 4.78 is 11.1. The highest BCUT2D eigenvalue weighted by atomic mass is 16.5. The van der Waals surface area contributed by atoms with Gasteiger partial charge in [0.05, 0.1) is 17.9 Å². The Morgan fingerprint density at radius 3 is 2.73 bits per heavy atom. The average molecular weight is 404 g/mol. The van der Waals surface area contributed by atoms with E-state index in [2.05, 4.69) is 34.3 Å². The lowest BCUT2D eigenvalue weighted by molar-refractivity contribution is -0.144. The minimum atomic E-state index is -0.952. The van der Waals surface area contributed by atoms with Gasteiger partial charge in [0.1, 0.15) is 11.5 Å². The number of aromatic nitrogens is 1. The molecule has 5 rings (SSSR count). The zero-order valence-electron chi connectivity index (χ0n) is 17.1. The molecule has 0 spiro atoms. The van der Waals surface area contributed by atoms with E-state index in [1.807, 2.05) is 32.0 Å². The maximum atomic E-state index is 11.7. The maximum Gasteiger partial charge on any atom is 0.346 e. The number of ether oxygens (including phenoxy) is 1. The molecule has 6 heteroatoms. The van der Waals surface area contributed by atoms with E-state index in [-0.39, 0.29) is 0 Å². The molecule has 154 valence electrons. The fourth-order valence-corrected chi connectivity index (χ4v) is 4.26. The number of anilines is 1. The Kier molecular flexibility index (Phi) is 4.50. The third-order valence-electron chi connectivity index (χ3n) is 5.93. The van der Waals surface area contributed by atoms with E-state index in [4.69, 9.17) is 9.26 Å². The number of hydrogen-bond donors (Lipinski definition) is 1. The van der Waals surface area contributed by atoms with Crippen molar-refractivity contribution in [1.29, 1.82) is 0 Å². The van der Waals surface area contributed by atoms with Gasteiger partial charge in [0.15, 0.2) is 0 Å². The topological polar surface area (TPSA) is 75.8 Å². The highest BCUT2D eigenvalue weighted by molar-refractivity contribution is 5.79. The second kappa shape index (κ2) is 7.20.